The smallest absolute Gasteiger partial charge is 0.412 e. The standard InChI is InChI=1S/C12H15NO2S.C12H17NO2S.C11H12BrNO2S.C11H13NO2S.C8H9NO3S.CH4/c1-8-7-9-10(16-8)12(15-11(14)13-9)5-3-2-4-6-12;1-9(14)13-10-5-8-16-11(10)12(15)6-3-2-4-7-12;12-8-6-7-9(16-8)11(15-10(14)13-7)4-2-1-3-5-11;13-10-12-8-4-7-15-9(8)11(14-10)5-2-1-3-6-11;1-5(10)9-6-3-4-13-7(6)8(11)12-2;/h7H,2-6H2,1H3,(H,13,14);5,8,15H,2-4,6-7H2,1H3,(H,13,14);6H,1-5H2,(H,13,14);4,7H,1-3,5-6H2,(H,12,13);3-4H,1-2H3,(H,9,10);1H4. The summed E-state index contributed by atoms with van der Waals surface area (Å²) in [6.45, 7) is 4.96. The quantitative estimate of drug-likeness (QED) is 0.0734. The molecule has 16 nitrogen and oxygen atoms in total. The molecule has 418 valence electrons. The average Bonchev–Trinajstić information content (AvgIpc) is 4.29. The number of aliphatic hydroxyl groups is 1. The molecule has 6 N–H and O–H groups in total. The van der Waals surface area contributed by atoms with Crippen molar-refractivity contribution >= 4 is 137 Å². The van der Waals surface area contributed by atoms with Crippen LogP contribution in [0.2, 0.25) is 0 Å². The number of thiophene rings is 5. The number of carbonyl (C=O) groups excluding carboxylic acids is 6. The van der Waals surface area contributed by atoms with Crippen LogP contribution < -0.4 is 26.6 Å². The molecule has 4 fully saturated rings. The van der Waals surface area contributed by atoms with Gasteiger partial charge in [0.2, 0.25) is 11.8 Å². The Hall–Kier alpha value is -4.84. The largest absolute Gasteiger partial charge is 0.465 e. The maximum Gasteiger partial charge on any atom is 0.412 e. The zero-order valence-electron chi connectivity index (χ0n) is 43.2. The van der Waals surface area contributed by atoms with Crippen LogP contribution in [0.5, 0.6) is 0 Å². The third kappa shape index (κ3) is 14.3. The molecule has 5 aromatic heterocycles. The van der Waals surface area contributed by atoms with Crippen molar-refractivity contribution in [1.82, 2.24) is 0 Å². The van der Waals surface area contributed by atoms with Gasteiger partial charge in [0.1, 0.15) is 10.5 Å². The Kier molecular flexibility index (Phi) is 20.5. The van der Waals surface area contributed by atoms with E-state index in [1.807, 2.05) is 29.0 Å². The van der Waals surface area contributed by atoms with E-state index in [0.717, 1.165) is 134 Å². The first kappa shape index (κ1) is 59.8. The molecule has 0 unspecified atom stereocenters. The number of carbonyl (C=O) groups is 6. The first-order valence-corrected chi connectivity index (χ1v) is 31.0. The molecule has 7 aliphatic rings. The first-order valence-electron chi connectivity index (χ1n) is 26.0. The van der Waals surface area contributed by atoms with Crippen LogP contribution in [0.4, 0.5) is 42.8 Å². The van der Waals surface area contributed by atoms with E-state index >= 15 is 0 Å². The number of hydrogen-bond acceptors (Lipinski definition) is 16. The van der Waals surface area contributed by atoms with Gasteiger partial charge in [-0.05, 0) is 159 Å². The fraction of sp³-hybridized carbons (Fsp3) is 0.527. The molecule has 4 saturated carbocycles. The van der Waals surface area contributed by atoms with Gasteiger partial charge in [-0.2, -0.15) is 0 Å². The van der Waals surface area contributed by atoms with E-state index in [2.05, 4.69) is 60.2 Å². The van der Waals surface area contributed by atoms with E-state index in [4.69, 9.17) is 14.2 Å². The molecule has 77 heavy (non-hydrogen) atoms. The van der Waals surface area contributed by atoms with E-state index in [9.17, 15) is 33.9 Å². The van der Waals surface area contributed by atoms with Crippen LogP contribution in [0, 0.1) is 6.92 Å². The fourth-order valence-electron chi connectivity index (χ4n) is 11.1. The van der Waals surface area contributed by atoms with E-state index in [1.54, 1.807) is 45.5 Å². The minimum absolute atomic E-state index is 0. The van der Waals surface area contributed by atoms with E-state index < -0.39 is 11.6 Å². The molecule has 5 amide bonds. The predicted octanol–water partition coefficient (Wildman–Crippen LogP) is 16.5. The fourth-order valence-corrected chi connectivity index (χ4v) is 16.8. The number of halogens is 1. The van der Waals surface area contributed by atoms with E-state index in [1.165, 1.54) is 88.8 Å². The zero-order chi connectivity index (χ0) is 54.1. The lowest BCUT2D eigenvalue weighted by molar-refractivity contribution is -0.115. The highest BCUT2D eigenvalue weighted by Crippen LogP contribution is 2.52. The number of fused-ring (bicyclic) bond motifs is 6. The molecule has 0 atom stereocenters. The van der Waals surface area contributed by atoms with Crippen LogP contribution in [0.1, 0.15) is 184 Å². The molecule has 22 heteroatoms. The van der Waals surface area contributed by atoms with Crippen molar-refractivity contribution < 1.29 is 52.8 Å². The van der Waals surface area contributed by atoms with Crippen molar-refractivity contribution in [1.29, 1.82) is 0 Å². The normalized spacial score (nSPS) is 19.4. The second-order valence-electron chi connectivity index (χ2n) is 20.0. The number of nitrogens with one attached hydrogen (secondary N) is 5. The molecule has 0 aromatic carbocycles. The van der Waals surface area contributed by atoms with Crippen LogP contribution in [0.15, 0.2) is 50.3 Å². The van der Waals surface area contributed by atoms with Gasteiger partial charge in [-0.3, -0.25) is 25.5 Å². The van der Waals surface area contributed by atoms with Crippen molar-refractivity contribution in [3.8, 4) is 0 Å². The Morgan fingerprint density at radius 2 is 0.987 bits per heavy atom. The number of esters is 1. The third-order valence-corrected chi connectivity index (χ3v) is 20.6. The summed E-state index contributed by atoms with van der Waals surface area (Å²) in [4.78, 5) is 73.7. The number of rotatable bonds is 4. The van der Waals surface area contributed by atoms with Crippen LogP contribution in [-0.4, -0.2) is 48.3 Å². The summed E-state index contributed by atoms with van der Waals surface area (Å²) < 4.78 is 22.4. The minimum Gasteiger partial charge on any atom is -0.465 e. The molecule has 5 aromatic rings. The topological polar surface area (TPSA) is 220 Å². The van der Waals surface area contributed by atoms with E-state index in [0.29, 0.717) is 10.6 Å². The zero-order valence-corrected chi connectivity index (χ0v) is 48.9. The van der Waals surface area contributed by atoms with Gasteiger partial charge in [-0.1, -0.05) is 46.0 Å². The van der Waals surface area contributed by atoms with E-state index in [-0.39, 0.29) is 54.3 Å². The summed E-state index contributed by atoms with van der Waals surface area (Å²) >= 11 is 11.4. The lowest BCUT2D eigenvalue weighted by Crippen LogP contribution is -2.39. The summed E-state index contributed by atoms with van der Waals surface area (Å²) in [6, 6.07) is 9.52. The molecule has 0 saturated heterocycles. The highest BCUT2D eigenvalue weighted by molar-refractivity contribution is 9.11. The van der Waals surface area contributed by atoms with Crippen LogP contribution in [0.3, 0.4) is 0 Å². The maximum atomic E-state index is 11.6. The Labute approximate surface area is 478 Å². The number of anilines is 5. The molecular weight excluding hydrogens is 1150 g/mol. The van der Waals surface area contributed by atoms with Crippen LogP contribution >= 0.6 is 72.6 Å². The predicted molar refractivity (Wildman–Crippen MR) is 312 cm³/mol. The second-order valence-corrected chi connectivity index (χ2v) is 26.5. The van der Waals surface area contributed by atoms with Gasteiger partial charge in [0.25, 0.3) is 0 Å². The Morgan fingerprint density at radius 1 is 0.571 bits per heavy atom. The van der Waals surface area contributed by atoms with Gasteiger partial charge in [-0.15, -0.1) is 56.7 Å². The summed E-state index contributed by atoms with van der Waals surface area (Å²) in [5, 5.41) is 29.9. The number of aryl methyl sites for hydroxylation is 1. The summed E-state index contributed by atoms with van der Waals surface area (Å²) in [6.07, 6.45) is 20.6. The molecule has 0 radical (unpaired) electrons. The minimum atomic E-state index is -0.718. The first-order chi connectivity index (χ1) is 36.5. The highest BCUT2D eigenvalue weighted by Gasteiger charge is 2.46. The summed E-state index contributed by atoms with van der Waals surface area (Å²) in [5.74, 6) is -0.721. The Bertz CT molecular complexity index is 2780. The van der Waals surface area contributed by atoms with Gasteiger partial charge in [0.05, 0.1) is 58.8 Å². The molecule has 12 rings (SSSR count). The molecular formula is C55H70BrN5O11S5. The van der Waals surface area contributed by atoms with Crippen molar-refractivity contribution in [3.63, 3.8) is 0 Å². The lowest BCUT2D eigenvalue weighted by Gasteiger charge is -2.39. The Balaban J connectivity index is 0.000000140. The maximum absolute atomic E-state index is 11.6. The number of hydrogen-bond donors (Lipinski definition) is 6. The molecule has 8 heterocycles. The van der Waals surface area contributed by atoms with Gasteiger partial charge in [-0.25, -0.2) is 19.2 Å². The monoisotopic (exact) mass is 1220 g/mol. The molecule has 3 spiro atoms. The van der Waals surface area contributed by atoms with Gasteiger partial charge >= 0.3 is 24.2 Å². The average molecular weight is 1220 g/mol. The third-order valence-electron chi connectivity index (χ3n) is 14.4. The van der Waals surface area contributed by atoms with Crippen molar-refractivity contribution in [2.24, 2.45) is 0 Å². The SMILES string of the molecule is C.CC(=O)Nc1ccsc1C1(O)CCCCC1.COC(=O)c1sccc1NC(C)=O.Cc1cc2c(s1)C1(CCCCC1)OC(=O)N2.O=C1Nc2cc(Br)sc2C2(CCCCC2)O1.O=C1Nc2ccsc2C2(CCCCC2)O1. The lowest BCUT2D eigenvalue weighted by atomic mass is 9.82. The second kappa shape index (κ2) is 26.4. The van der Waals surface area contributed by atoms with Crippen molar-refractivity contribution in [3.05, 3.63) is 79.5 Å². The number of ether oxygens (including phenoxy) is 4. The van der Waals surface area contributed by atoms with Gasteiger partial charge in [0.15, 0.2) is 16.8 Å². The summed E-state index contributed by atoms with van der Waals surface area (Å²) in [5.41, 5.74) is 2.47. The highest BCUT2D eigenvalue weighted by atomic mass is 79.9. The van der Waals surface area contributed by atoms with Gasteiger partial charge < -0.3 is 34.7 Å². The molecule has 0 bridgehead atoms. The van der Waals surface area contributed by atoms with Crippen molar-refractivity contribution in [2.45, 2.75) is 179 Å². The van der Waals surface area contributed by atoms with Crippen molar-refractivity contribution in [2.75, 3.05) is 33.7 Å². The Morgan fingerprint density at radius 3 is 1.51 bits per heavy atom. The summed E-state index contributed by atoms with van der Waals surface area (Å²) in [7, 11) is 1.31. The number of amides is 5. The molecule has 3 aliphatic heterocycles. The van der Waals surface area contributed by atoms with Crippen LogP contribution in [-0.2, 0) is 50.9 Å². The van der Waals surface area contributed by atoms with Crippen LogP contribution in [0.25, 0.3) is 0 Å². The molecule has 4 aliphatic carbocycles. The number of methoxy groups -OCH3 is 1. The van der Waals surface area contributed by atoms with Gasteiger partial charge in [0, 0.05) is 18.7 Å².